The lowest BCUT2D eigenvalue weighted by molar-refractivity contribution is 1.09. The molecule has 12 rings (SSSR count). The largest absolute Gasteiger partial charge is 0.308 e. The van der Waals surface area contributed by atoms with Gasteiger partial charge in [0.25, 0.3) is 0 Å². The second-order valence-corrected chi connectivity index (χ2v) is 19.7. The first kappa shape index (κ1) is 33.1. The van der Waals surface area contributed by atoms with Crippen LogP contribution in [0.1, 0.15) is 0 Å². The van der Waals surface area contributed by atoms with Crippen molar-refractivity contribution in [2.24, 2.45) is 0 Å². The highest BCUT2D eigenvalue weighted by Gasteiger charge is 2.43. The molecule has 0 bridgehead atoms. The zero-order chi connectivity index (χ0) is 38.2. The molecule has 272 valence electrons. The third-order valence-electron chi connectivity index (χ3n) is 11.9. The zero-order valence-corrected chi connectivity index (χ0v) is 33.1. The molecule has 58 heavy (non-hydrogen) atoms. The Kier molecular flexibility index (Phi) is 7.39. The predicted octanol–water partition coefficient (Wildman–Crippen LogP) is 10.4. The van der Waals surface area contributed by atoms with Crippen LogP contribution < -0.4 is 20.9 Å². The molecular weight excluding hydrogens is 741 g/mol. The minimum absolute atomic E-state index is 0.887. The van der Waals surface area contributed by atoms with E-state index in [2.05, 4.69) is 216 Å². The summed E-state index contributed by atoms with van der Waals surface area (Å²) in [5, 5.41) is 11.0. The van der Waals surface area contributed by atoms with Crippen LogP contribution in [0.2, 0.25) is 0 Å². The highest BCUT2D eigenvalue weighted by Crippen LogP contribution is 2.42. The second-order valence-electron chi connectivity index (χ2n) is 14.9. The summed E-state index contributed by atoms with van der Waals surface area (Å²) < 4.78 is 7.05. The fourth-order valence-corrected chi connectivity index (χ4v) is 15.1. The molecule has 0 fully saturated rings. The van der Waals surface area contributed by atoms with Gasteiger partial charge < -0.3 is 4.57 Å². The quantitative estimate of drug-likeness (QED) is 0.125. The molecule has 0 aliphatic rings. The van der Waals surface area contributed by atoms with Gasteiger partial charge in [0.2, 0.25) is 8.07 Å². The normalized spacial score (nSPS) is 12.1. The lowest BCUT2D eigenvalue weighted by Gasteiger charge is -2.33. The Morgan fingerprint density at radius 1 is 0.414 bits per heavy atom. The number of fused-ring (bicyclic) bond motifs is 9. The number of aromatic nitrogens is 4. The van der Waals surface area contributed by atoms with Crippen LogP contribution in [0.15, 0.2) is 206 Å². The molecule has 4 nitrogen and oxygen atoms in total. The number of para-hydroxylation sites is 4. The molecule has 0 aliphatic heterocycles. The smallest absolute Gasteiger partial charge is 0.201 e. The summed E-state index contributed by atoms with van der Waals surface area (Å²) in [6.45, 7) is 0. The Balaban J connectivity index is 1.24. The van der Waals surface area contributed by atoms with Crippen molar-refractivity contribution in [3.05, 3.63) is 206 Å². The van der Waals surface area contributed by atoms with Crippen molar-refractivity contribution in [2.75, 3.05) is 0 Å². The van der Waals surface area contributed by atoms with Gasteiger partial charge in [0, 0.05) is 44.5 Å². The van der Waals surface area contributed by atoms with Crippen LogP contribution in [0.3, 0.4) is 0 Å². The number of benzene rings is 7. The molecule has 0 aliphatic carbocycles. The molecule has 7 aromatic carbocycles. The zero-order valence-electron chi connectivity index (χ0n) is 31.3. The van der Waals surface area contributed by atoms with Crippen molar-refractivity contribution in [2.45, 2.75) is 0 Å². The maximum Gasteiger partial charge on any atom is 0.201 e. The van der Waals surface area contributed by atoms with E-state index in [1.165, 1.54) is 48.1 Å². The molecule has 0 N–H and O–H groups in total. The van der Waals surface area contributed by atoms with Gasteiger partial charge in [-0.25, -0.2) is 4.98 Å². The summed E-state index contributed by atoms with van der Waals surface area (Å²) in [6.07, 6.45) is 2.11. The van der Waals surface area contributed by atoms with Crippen LogP contribution in [-0.4, -0.2) is 27.2 Å². The summed E-state index contributed by atoms with van der Waals surface area (Å²) in [4.78, 5) is 11.2. The van der Waals surface area contributed by atoms with Gasteiger partial charge in [0.05, 0.1) is 42.7 Å². The number of pyridine rings is 2. The van der Waals surface area contributed by atoms with E-state index in [0.29, 0.717) is 0 Å². The fourth-order valence-electron chi connectivity index (χ4n) is 9.45. The van der Waals surface area contributed by atoms with Crippen LogP contribution >= 0.6 is 11.3 Å². The third-order valence-corrected chi connectivity index (χ3v) is 17.7. The fraction of sp³-hybridized carbons (Fsp3) is 0. The Bertz CT molecular complexity index is 3310. The van der Waals surface area contributed by atoms with E-state index >= 15 is 0 Å². The van der Waals surface area contributed by atoms with Gasteiger partial charge in [0.1, 0.15) is 5.82 Å². The number of thiophene rings is 1. The van der Waals surface area contributed by atoms with Crippen LogP contribution in [0.25, 0.3) is 75.4 Å². The topological polar surface area (TPSA) is 35.6 Å². The summed E-state index contributed by atoms with van der Waals surface area (Å²) in [6, 6.07) is 72.7. The highest BCUT2D eigenvalue weighted by atomic mass is 32.1. The highest BCUT2D eigenvalue weighted by molar-refractivity contribution is 7.26. The first-order valence-electron chi connectivity index (χ1n) is 19.7. The average Bonchev–Trinajstić information content (AvgIpc) is 3.95. The van der Waals surface area contributed by atoms with Crippen LogP contribution in [0, 0.1) is 0 Å². The van der Waals surface area contributed by atoms with Gasteiger partial charge in [-0.3, -0.25) is 9.55 Å². The van der Waals surface area contributed by atoms with Gasteiger partial charge in [-0.1, -0.05) is 164 Å². The van der Waals surface area contributed by atoms with Crippen molar-refractivity contribution in [3.63, 3.8) is 0 Å². The Labute approximate surface area is 339 Å². The minimum atomic E-state index is -2.90. The molecule has 5 aromatic heterocycles. The number of hydrogen-bond donors (Lipinski definition) is 0. The van der Waals surface area contributed by atoms with Crippen LogP contribution in [-0.2, 0) is 0 Å². The van der Waals surface area contributed by atoms with Crippen molar-refractivity contribution < 1.29 is 0 Å². The summed E-state index contributed by atoms with van der Waals surface area (Å²) in [5.74, 6) is 0.887. The van der Waals surface area contributed by atoms with Crippen molar-refractivity contribution >= 4 is 104 Å². The number of nitrogens with zero attached hydrogens (tertiary/aromatic N) is 4. The summed E-state index contributed by atoms with van der Waals surface area (Å²) in [7, 11) is -2.90. The Hall–Kier alpha value is -7.12. The monoisotopic (exact) mass is 774 g/mol. The van der Waals surface area contributed by atoms with Crippen LogP contribution in [0.5, 0.6) is 0 Å². The van der Waals surface area contributed by atoms with E-state index in [1.54, 1.807) is 11.3 Å². The van der Waals surface area contributed by atoms with Crippen molar-refractivity contribution in [1.82, 2.24) is 19.1 Å². The number of rotatable bonds is 6. The van der Waals surface area contributed by atoms with Gasteiger partial charge in [-0.05, 0) is 45.9 Å². The van der Waals surface area contributed by atoms with Crippen molar-refractivity contribution in [1.29, 1.82) is 0 Å². The molecule has 6 heteroatoms. The number of hydrogen-bond acceptors (Lipinski definition) is 3. The first-order chi connectivity index (χ1) is 28.8. The first-order valence-corrected chi connectivity index (χ1v) is 22.5. The molecule has 5 heterocycles. The van der Waals surface area contributed by atoms with E-state index in [0.717, 1.165) is 48.2 Å². The van der Waals surface area contributed by atoms with E-state index in [1.807, 2.05) is 0 Å². The van der Waals surface area contributed by atoms with Gasteiger partial charge in [0.15, 0.2) is 0 Å². The maximum atomic E-state index is 5.73. The SMILES string of the molecule is c1ccc([Si](c2ccccc2)(c2ccccc2)c2cc3c(cn2)sc2c(-n4c5ccccc5c5ccccc54)cc(-n4c5ccccc5c5ccccc54)nc23)cc1. The van der Waals surface area contributed by atoms with E-state index < -0.39 is 8.07 Å². The molecule has 0 atom stereocenters. The Morgan fingerprint density at radius 2 is 0.828 bits per heavy atom. The van der Waals surface area contributed by atoms with E-state index in [-0.39, 0.29) is 0 Å². The molecule has 0 saturated carbocycles. The Morgan fingerprint density at radius 3 is 1.29 bits per heavy atom. The molecule has 0 saturated heterocycles. The van der Waals surface area contributed by atoms with Gasteiger partial charge in [-0.2, -0.15) is 0 Å². The predicted molar refractivity (Wildman–Crippen MR) is 247 cm³/mol. The molecule has 0 radical (unpaired) electrons. The molecule has 0 amide bonds. The summed E-state index contributed by atoms with van der Waals surface area (Å²) >= 11 is 1.78. The van der Waals surface area contributed by atoms with Gasteiger partial charge >= 0.3 is 0 Å². The minimum Gasteiger partial charge on any atom is -0.308 e. The maximum absolute atomic E-state index is 5.73. The van der Waals surface area contributed by atoms with E-state index in [9.17, 15) is 0 Å². The summed E-state index contributed by atoms with van der Waals surface area (Å²) in [5.41, 5.74) is 6.70. The molecule has 12 aromatic rings. The average molecular weight is 775 g/mol. The third kappa shape index (κ3) is 4.73. The van der Waals surface area contributed by atoms with Gasteiger partial charge in [-0.15, -0.1) is 11.3 Å². The standard InChI is InChI=1S/C52H34N4SSi/c1-4-18-35(19-5-1)58(36-20-6-2-7-21-36,37-22-8-3-9-23-37)50-32-42-48(34-53-50)57-52-47(55-43-28-14-10-24-38(43)39-25-11-15-29-44(39)55)33-49(54-51(42)52)56-45-30-16-12-26-40(45)41-27-13-17-31-46(41)56/h1-34H. The molecule has 0 spiro atoms. The second kappa shape index (κ2) is 13.0. The molecular formula is C52H34N4SSi. The molecule has 0 unspecified atom stereocenters. The van der Waals surface area contributed by atoms with E-state index in [4.69, 9.17) is 9.97 Å². The lowest BCUT2D eigenvalue weighted by atomic mass is 10.2. The van der Waals surface area contributed by atoms with Crippen LogP contribution in [0.4, 0.5) is 0 Å². The lowest BCUT2D eigenvalue weighted by Crippen LogP contribution is -2.75. The van der Waals surface area contributed by atoms with Crippen molar-refractivity contribution in [3.8, 4) is 11.5 Å².